The summed E-state index contributed by atoms with van der Waals surface area (Å²) in [6.07, 6.45) is 3.05. The van der Waals surface area contributed by atoms with Crippen LogP contribution in [0, 0.1) is 11.8 Å². The molecule has 3 rings (SSSR count). The van der Waals surface area contributed by atoms with Gasteiger partial charge in [-0.3, -0.25) is 14.4 Å². The number of alkyl carbamates (subject to hydrolysis) is 1. The topological polar surface area (TPSA) is 131 Å². The van der Waals surface area contributed by atoms with Crippen LogP contribution in [0.1, 0.15) is 56.8 Å². The van der Waals surface area contributed by atoms with Crippen LogP contribution in [0.3, 0.4) is 0 Å². The standard InChI is InChI=1S/C26H34N4O6/c1-16(2)20(22(31)24-27-12-14-35-24)28-23(32)19-11-8-13-30(19)25(33)21(17(3)4)29-26(34)36-15-18-9-6-5-7-10-18/h5-7,9-10,12,14,16-17,19-21H,8,11,13,15H2,1-4H3,(H,28,32)(H,29,34)/t19-,20?,21-/m0/s1. The minimum absolute atomic E-state index is 0.0774. The van der Waals surface area contributed by atoms with Crippen molar-refractivity contribution in [2.24, 2.45) is 11.8 Å². The smallest absolute Gasteiger partial charge is 0.408 e. The van der Waals surface area contributed by atoms with Crippen molar-refractivity contribution in [2.45, 2.75) is 65.3 Å². The molecule has 2 N–H and O–H groups in total. The van der Waals surface area contributed by atoms with Gasteiger partial charge in [0.05, 0.1) is 12.2 Å². The number of ether oxygens (including phenoxy) is 1. The zero-order valence-electron chi connectivity index (χ0n) is 21.1. The number of nitrogens with zero attached hydrogens (tertiary/aromatic N) is 2. The van der Waals surface area contributed by atoms with E-state index in [2.05, 4.69) is 15.6 Å². The lowest BCUT2D eigenvalue weighted by atomic mass is 9.98. The lowest BCUT2D eigenvalue weighted by Crippen LogP contribution is -2.57. The van der Waals surface area contributed by atoms with E-state index in [0.717, 1.165) is 5.56 Å². The minimum Gasteiger partial charge on any atom is -0.445 e. The molecule has 3 atom stereocenters. The molecule has 1 unspecified atom stereocenters. The number of hydrogen-bond donors (Lipinski definition) is 2. The van der Waals surface area contributed by atoms with Crippen molar-refractivity contribution in [3.8, 4) is 0 Å². The van der Waals surface area contributed by atoms with E-state index in [-0.39, 0.29) is 30.2 Å². The Labute approximate surface area is 210 Å². The van der Waals surface area contributed by atoms with Crippen LogP contribution in [0.5, 0.6) is 0 Å². The molecule has 1 aromatic carbocycles. The van der Waals surface area contributed by atoms with Gasteiger partial charge in [-0.25, -0.2) is 9.78 Å². The lowest BCUT2D eigenvalue weighted by Gasteiger charge is -2.31. The molecule has 1 aliphatic heterocycles. The van der Waals surface area contributed by atoms with Gasteiger partial charge in [0.1, 0.15) is 25.0 Å². The molecule has 1 fully saturated rings. The maximum Gasteiger partial charge on any atom is 0.408 e. The zero-order chi connectivity index (χ0) is 26.2. The van der Waals surface area contributed by atoms with E-state index in [1.807, 2.05) is 58.0 Å². The summed E-state index contributed by atoms with van der Waals surface area (Å²) in [6.45, 7) is 7.70. The molecule has 0 spiro atoms. The number of oxazole rings is 1. The van der Waals surface area contributed by atoms with Crippen LogP contribution in [0.4, 0.5) is 4.79 Å². The Kier molecular flexibility index (Phi) is 9.21. The summed E-state index contributed by atoms with van der Waals surface area (Å²) in [5.74, 6) is -1.74. The van der Waals surface area contributed by atoms with Crippen LogP contribution in [0.2, 0.25) is 0 Å². The summed E-state index contributed by atoms with van der Waals surface area (Å²) >= 11 is 0. The molecule has 36 heavy (non-hydrogen) atoms. The third-order valence-corrected chi connectivity index (χ3v) is 6.15. The summed E-state index contributed by atoms with van der Waals surface area (Å²) in [7, 11) is 0. The zero-order valence-corrected chi connectivity index (χ0v) is 21.1. The third kappa shape index (κ3) is 6.71. The van der Waals surface area contributed by atoms with E-state index in [0.29, 0.717) is 19.4 Å². The Morgan fingerprint density at radius 2 is 1.75 bits per heavy atom. The van der Waals surface area contributed by atoms with Crippen LogP contribution in [-0.2, 0) is 20.9 Å². The molecule has 0 bridgehead atoms. The SMILES string of the molecule is CC(C)C(NC(=O)[C@@H]1CCCN1C(=O)[C@@H](NC(=O)OCc1ccccc1)C(C)C)C(=O)c1ncco1. The second-order valence-electron chi connectivity index (χ2n) is 9.55. The molecule has 0 aliphatic carbocycles. The summed E-state index contributed by atoms with van der Waals surface area (Å²) in [5, 5.41) is 5.44. The Balaban J connectivity index is 1.65. The average Bonchev–Trinajstić information content (AvgIpc) is 3.56. The molecule has 1 aromatic heterocycles. The van der Waals surface area contributed by atoms with Crippen molar-refractivity contribution in [2.75, 3.05) is 6.54 Å². The van der Waals surface area contributed by atoms with Crippen LogP contribution < -0.4 is 10.6 Å². The van der Waals surface area contributed by atoms with Gasteiger partial charge in [0.25, 0.3) is 5.89 Å². The first-order chi connectivity index (χ1) is 17.2. The Hall–Kier alpha value is -3.69. The molecule has 3 amide bonds. The molecular formula is C26H34N4O6. The maximum atomic E-state index is 13.4. The fraction of sp³-hybridized carbons (Fsp3) is 0.500. The van der Waals surface area contributed by atoms with Crippen molar-refractivity contribution < 1.29 is 28.3 Å². The monoisotopic (exact) mass is 498 g/mol. The summed E-state index contributed by atoms with van der Waals surface area (Å²) in [5.41, 5.74) is 0.829. The predicted molar refractivity (Wildman–Crippen MR) is 131 cm³/mol. The number of rotatable bonds is 10. The second-order valence-corrected chi connectivity index (χ2v) is 9.55. The number of nitrogens with one attached hydrogen (secondary N) is 2. The quantitative estimate of drug-likeness (QED) is 0.482. The van der Waals surface area contributed by atoms with Crippen LogP contribution >= 0.6 is 0 Å². The van der Waals surface area contributed by atoms with Gasteiger partial charge in [0.15, 0.2) is 0 Å². The number of likely N-dealkylation sites (tertiary alicyclic amines) is 1. The molecule has 1 aliphatic rings. The van der Waals surface area contributed by atoms with Gasteiger partial charge < -0.3 is 24.7 Å². The number of carbonyl (C=O) groups is 4. The molecule has 2 heterocycles. The number of ketones is 1. The number of carbonyl (C=O) groups excluding carboxylic acids is 4. The first-order valence-corrected chi connectivity index (χ1v) is 12.2. The number of aromatic nitrogens is 1. The molecule has 10 nitrogen and oxygen atoms in total. The number of benzene rings is 1. The largest absolute Gasteiger partial charge is 0.445 e. The molecule has 2 aromatic rings. The van der Waals surface area contributed by atoms with Gasteiger partial charge >= 0.3 is 6.09 Å². The van der Waals surface area contributed by atoms with Gasteiger partial charge in [0.2, 0.25) is 17.6 Å². The fourth-order valence-corrected chi connectivity index (χ4v) is 4.15. The Morgan fingerprint density at radius 1 is 1.06 bits per heavy atom. The van der Waals surface area contributed by atoms with Gasteiger partial charge in [-0.1, -0.05) is 58.0 Å². The number of Topliss-reactive ketones (excluding diaryl/α,β-unsaturated/α-hetero) is 1. The van der Waals surface area contributed by atoms with Gasteiger partial charge in [-0.2, -0.15) is 0 Å². The molecule has 1 saturated heterocycles. The highest BCUT2D eigenvalue weighted by molar-refractivity contribution is 6.00. The lowest BCUT2D eigenvalue weighted by molar-refractivity contribution is -0.141. The van der Waals surface area contributed by atoms with E-state index in [9.17, 15) is 19.2 Å². The maximum absolute atomic E-state index is 13.4. The second kappa shape index (κ2) is 12.3. The minimum atomic E-state index is -0.864. The first-order valence-electron chi connectivity index (χ1n) is 12.2. The van der Waals surface area contributed by atoms with E-state index in [1.54, 1.807) is 0 Å². The van der Waals surface area contributed by atoms with E-state index < -0.39 is 35.9 Å². The average molecular weight is 499 g/mol. The number of hydrogen-bond acceptors (Lipinski definition) is 7. The van der Waals surface area contributed by atoms with Crippen molar-refractivity contribution >= 4 is 23.7 Å². The van der Waals surface area contributed by atoms with E-state index in [4.69, 9.17) is 9.15 Å². The van der Waals surface area contributed by atoms with Gasteiger partial charge in [-0.05, 0) is 30.2 Å². The highest BCUT2D eigenvalue weighted by Gasteiger charge is 2.40. The highest BCUT2D eigenvalue weighted by Crippen LogP contribution is 2.21. The van der Waals surface area contributed by atoms with Crippen molar-refractivity contribution in [1.82, 2.24) is 20.5 Å². The number of amides is 3. The van der Waals surface area contributed by atoms with E-state index in [1.165, 1.54) is 17.4 Å². The molecule has 194 valence electrons. The van der Waals surface area contributed by atoms with Crippen molar-refractivity contribution in [3.05, 3.63) is 54.2 Å². The Morgan fingerprint density at radius 3 is 2.36 bits per heavy atom. The first kappa shape index (κ1) is 26.9. The fourth-order valence-electron chi connectivity index (χ4n) is 4.15. The third-order valence-electron chi connectivity index (χ3n) is 6.15. The van der Waals surface area contributed by atoms with Gasteiger partial charge in [-0.15, -0.1) is 0 Å². The predicted octanol–water partition coefficient (Wildman–Crippen LogP) is 2.94. The molecular weight excluding hydrogens is 464 g/mol. The van der Waals surface area contributed by atoms with Crippen LogP contribution in [0.25, 0.3) is 0 Å². The van der Waals surface area contributed by atoms with Crippen LogP contribution in [-0.4, -0.2) is 58.2 Å². The Bertz CT molecular complexity index is 1040. The highest BCUT2D eigenvalue weighted by atomic mass is 16.5. The summed E-state index contributed by atoms with van der Waals surface area (Å²) in [4.78, 5) is 57.2. The summed E-state index contributed by atoms with van der Waals surface area (Å²) in [6, 6.07) is 6.77. The molecule has 10 heteroatoms. The van der Waals surface area contributed by atoms with Crippen molar-refractivity contribution in [1.29, 1.82) is 0 Å². The molecule has 0 saturated carbocycles. The summed E-state index contributed by atoms with van der Waals surface area (Å²) < 4.78 is 10.4. The normalized spacial score (nSPS) is 17.1. The molecule has 0 radical (unpaired) electrons. The van der Waals surface area contributed by atoms with Crippen molar-refractivity contribution in [3.63, 3.8) is 0 Å². The van der Waals surface area contributed by atoms with Crippen LogP contribution in [0.15, 0.2) is 47.2 Å². The van der Waals surface area contributed by atoms with E-state index >= 15 is 0 Å². The van der Waals surface area contributed by atoms with Gasteiger partial charge in [0, 0.05) is 6.54 Å².